The number of hydrogen-bond donors (Lipinski definition) is 0. The molecule has 0 aliphatic carbocycles. The van der Waals surface area contributed by atoms with Crippen LogP contribution in [0, 0.1) is 11.3 Å². The van der Waals surface area contributed by atoms with Gasteiger partial charge in [0, 0.05) is 12.1 Å². The highest BCUT2D eigenvalue weighted by atomic mass is 35.5. The molecule has 0 aliphatic heterocycles. The fourth-order valence-electron chi connectivity index (χ4n) is 3.66. The standard InChI is InChI=1S/C26H19ClF3N3O/c1-33-16-32-14-24(33)25(19-4-2-17(13-31)3-5-19)34-15-20-8-11-22(27)12-23(20)18-6-9-21(10-7-18)26(28,29)30/h2-12,14,16,25H,15H2,1H3. The predicted octanol–water partition coefficient (Wildman–Crippen LogP) is 6.94. The van der Waals surface area contributed by atoms with Gasteiger partial charge in [-0.1, -0.05) is 41.9 Å². The van der Waals surface area contributed by atoms with Crippen LogP contribution in [0.15, 0.2) is 79.3 Å². The lowest BCUT2D eigenvalue weighted by Crippen LogP contribution is -2.11. The second kappa shape index (κ2) is 9.72. The average Bonchev–Trinajstić information content (AvgIpc) is 3.25. The molecule has 0 N–H and O–H groups in total. The monoisotopic (exact) mass is 481 g/mol. The maximum Gasteiger partial charge on any atom is 0.416 e. The van der Waals surface area contributed by atoms with E-state index in [0.29, 0.717) is 21.7 Å². The Bertz CT molecular complexity index is 1320. The van der Waals surface area contributed by atoms with Gasteiger partial charge in [0.25, 0.3) is 0 Å². The second-order valence-corrected chi connectivity index (χ2v) is 8.17. The van der Waals surface area contributed by atoms with Gasteiger partial charge in [-0.15, -0.1) is 0 Å². The Hall–Kier alpha value is -3.60. The highest BCUT2D eigenvalue weighted by Gasteiger charge is 2.30. The van der Waals surface area contributed by atoms with Crippen molar-refractivity contribution < 1.29 is 17.9 Å². The van der Waals surface area contributed by atoms with E-state index in [1.807, 2.05) is 23.7 Å². The summed E-state index contributed by atoms with van der Waals surface area (Å²) in [6.45, 7) is 0.170. The molecule has 34 heavy (non-hydrogen) atoms. The molecule has 1 unspecified atom stereocenters. The van der Waals surface area contributed by atoms with Crippen molar-refractivity contribution in [2.75, 3.05) is 0 Å². The van der Waals surface area contributed by atoms with Crippen LogP contribution < -0.4 is 0 Å². The van der Waals surface area contributed by atoms with E-state index in [-0.39, 0.29) is 6.61 Å². The van der Waals surface area contributed by atoms with E-state index < -0.39 is 17.8 Å². The molecule has 0 fully saturated rings. The van der Waals surface area contributed by atoms with Crippen molar-refractivity contribution in [1.82, 2.24) is 9.55 Å². The first-order valence-corrected chi connectivity index (χ1v) is 10.7. The third kappa shape index (κ3) is 5.14. The maximum absolute atomic E-state index is 13.0. The number of nitriles is 1. The molecule has 0 aliphatic rings. The van der Waals surface area contributed by atoms with Gasteiger partial charge in [-0.05, 0) is 58.7 Å². The van der Waals surface area contributed by atoms with Gasteiger partial charge in [0.1, 0.15) is 6.10 Å². The van der Waals surface area contributed by atoms with Gasteiger partial charge in [-0.2, -0.15) is 18.4 Å². The molecule has 172 valence electrons. The Morgan fingerprint density at radius 2 is 1.76 bits per heavy atom. The minimum Gasteiger partial charge on any atom is -0.362 e. The first kappa shape index (κ1) is 23.6. The van der Waals surface area contributed by atoms with E-state index in [1.165, 1.54) is 12.1 Å². The Morgan fingerprint density at radius 1 is 1.06 bits per heavy atom. The molecule has 0 saturated carbocycles. The molecule has 0 amide bonds. The zero-order chi connectivity index (χ0) is 24.3. The van der Waals surface area contributed by atoms with Crippen molar-refractivity contribution in [3.8, 4) is 17.2 Å². The molecule has 3 aromatic carbocycles. The largest absolute Gasteiger partial charge is 0.416 e. The van der Waals surface area contributed by atoms with Gasteiger partial charge in [-0.3, -0.25) is 0 Å². The fraction of sp³-hybridized carbons (Fsp3) is 0.154. The first-order chi connectivity index (χ1) is 16.3. The van der Waals surface area contributed by atoms with Gasteiger partial charge in [-0.25, -0.2) is 4.98 Å². The minimum atomic E-state index is -4.41. The summed E-state index contributed by atoms with van der Waals surface area (Å²) in [5, 5.41) is 9.57. The van der Waals surface area contributed by atoms with Crippen LogP contribution in [0.2, 0.25) is 5.02 Å². The third-order valence-corrected chi connectivity index (χ3v) is 5.70. The molecule has 1 atom stereocenters. The van der Waals surface area contributed by atoms with Crippen molar-refractivity contribution in [3.05, 3.63) is 112 Å². The normalized spacial score (nSPS) is 12.4. The molecule has 0 saturated heterocycles. The van der Waals surface area contributed by atoms with Crippen molar-refractivity contribution in [1.29, 1.82) is 5.26 Å². The smallest absolute Gasteiger partial charge is 0.362 e. The zero-order valence-electron chi connectivity index (χ0n) is 18.1. The Labute approximate surface area is 199 Å². The Morgan fingerprint density at radius 3 is 2.35 bits per heavy atom. The zero-order valence-corrected chi connectivity index (χ0v) is 18.8. The average molecular weight is 482 g/mol. The number of ether oxygens (including phenoxy) is 1. The summed E-state index contributed by atoms with van der Waals surface area (Å²) < 4.78 is 47.1. The number of imidazole rings is 1. The van der Waals surface area contributed by atoms with Gasteiger partial charge >= 0.3 is 6.18 Å². The molecule has 0 radical (unpaired) electrons. The number of alkyl halides is 3. The van der Waals surface area contributed by atoms with E-state index in [2.05, 4.69) is 11.1 Å². The fourth-order valence-corrected chi connectivity index (χ4v) is 3.83. The minimum absolute atomic E-state index is 0.170. The number of aryl methyl sites for hydroxylation is 1. The number of rotatable bonds is 6. The first-order valence-electron chi connectivity index (χ1n) is 10.3. The molecular formula is C26H19ClF3N3O. The topological polar surface area (TPSA) is 50.8 Å². The van der Waals surface area contributed by atoms with Gasteiger partial charge in [0.2, 0.25) is 0 Å². The summed E-state index contributed by atoms with van der Waals surface area (Å²) in [6, 6.07) is 19.4. The summed E-state index contributed by atoms with van der Waals surface area (Å²) in [5.41, 5.74) is 3.53. The van der Waals surface area contributed by atoms with Crippen LogP contribution in [-0.4, -0.2) is 9.55 Å². The van der Waals surface area contributed by atoms with Crippen LogP contribution in [0.25, 0.3) is 11.1 Å². The highest BCUT2D eigenvalue weighted by molar-refractivity contribution is 6.30. The molecule has 4 rings (SSSR count). The van der Waals surface area contributed by atoms with E-state index >= 15 is 0 Å². The van der Waals surface area contributed by atoms with Crippen LogP contribution in [-0.2, 0) is 24.6 Å². The molecule has 4 aromatic rings. The molecule has 8 heteroatoms. The molecule has 1 aromatic heterocycles. The molecule has 4 nitrogen and oxygen atoms in total. The summed E-state index contributed by atoms with van der Waals surface area (Å²) >= 11 is 6.20. The van der Waals surface area contributed by atoms with Crippen molar-refractivity contribution in [3.63, 3.8) is 0 Å². The molecule has 1 heterocycles. The van der Waals surface area contributed by atoms with E-state index in [9.17, 15) is 13.2 Å². The van der Waals surface area contributed by atoms with Crippen LogP contribution in [0.1, 0.15) is 34.1 Å². The predicted molar refractivity (Wildman–Crippen MR) is 123 cm³/mol. The van der Waals surface area contributed by atoms with Crippen molar-refractivity contribution >= 4 is 11.6 Å². The van der Waals surface area contributed by atoms with Gasteiger partial charge < -0.3 is 9.30 Å². The van der Waals surface area contributed by atoms with Crippen LogP contribution in [0.3, 0.4) is 0 Å². The van der Waals surface area contributed by atoms with Crippen molar-refractivity contribution in [2.45, 2.75) is 18.9 Å². The highest BCUT2D eigenvalue weighted by Crippen LogP contribution is 2.34. The number of hydrogen-bond acceptors (Lipinski definition) is 3. The summed E-state index contributed by atoms with van der Waals surface area (Å²) in [7, 11) is 1.86. The van der Waals surface area contributed by atoms with Gasteiger partial charge in [0.15, 0.2) is 0 Å². The van der Waals surface area contributed by atoms with E-state index in [0.717, 1.165) is 29.0 Å². The quantitative estimate of drug-likeness (QED) is 0.300. The lowest BCUT2D eigenvalue weighted by atomic mass is 9.98. The van der Waals surface area contributed by atoms with E-state index in [1.54, 1.807) is 42.9 Å². The lowest BCUT2D eigenvalue weighted by Gasteiger charge is -2.20. The number of nitrogens with zero attached hydrogens (tertiary/aromatic N) is 3. The maximum atomic E-state index is 13.0. The number of aromatic nitrogens is 2. The van der Waals surface area contributed by atoms with Crippen LogP contribution >= 0.6 is 11.6 Å². The third-order valence-electron chi connectivity index (χ3n) is 5.47. The van der Waals surface area contributed by atoms with Crippen LogP contribution in [0.5, 0.6) is 0 Å². The van der Waals surface area contributed by atoms with Crippen LogP contribution in [0.4, 0.5) is 13.2 Å². The lowest BCUT2D eigenvalue weighted by molar-refractivity contribution is -0.137. The molecular weight excluding hydrogens is 463 g/mol. The summed E-state index contributed by atoms with van der Waals surface area (Å²) in [6.07, 6.45) is -1.50. The second-order valence-electron chi connectivity index (χ2n) is 7.73. The number of benzene rings is 3. The Balaban J connectivity index is 1.66. The molecule has 0 bridgehead atoms. The Kier molecular flexibility index (Phi) is 6.73. The van der Waals surface area contributed by atoms with Gasteiger partial charge in [0.05, 0.1) is 42.0 Å². The summed E-state index contributed by atoms with van der Waals surface area (Å²) in [5.74, 6) is 0. The number of halogens is 4. The van der Waals surface area contributed by atoms with E-state index in [4.69, 9.17) is 21.6 Å². The summed E-state index contributed by atoms with van der Waals surface area (Å²) in [4.78, 5) is 4.18. The van der Waals surface area contributed by atoms with Crippen molar-refractivity contribution in [2.24, 2.45) is 7.05 Å². The molecule has 0 spiro atoms. The SMILES string of the molecule is Cn1cncc1C(OCc1ccc(Cl)cc1-c1ccc(C(F)(F)F)cc1)c1ccc(C#N)cc1.